The van der Waals surface area contributed by atoms with E-state index in [0.29, 0.717) is 42.2 Å². The smallest absolute Gasteiger partial charge is 0.0813 e. The van der Waals surface area contributed by atoms with Crippen LogP contribution in [0.5, 0.6) is 6.01 Å². The van der Waals surface area contributed by atoms with Gasteiger partial charge in [0.1, 0.15) is 11.3 Å². The number of Topliss-reactive ketones (excluding diaryl/α,β-unsaturated/α-hetero) is 2. The molecule has 13 rings (SSSR count). The van der Waals surface area contributed by atoms with E-state index in [1.165, 1.54) is 71.7 Å². The number of nitrogens with zero attached hydrogens (tertiary/aromatic N) is 11. The minimum absolute atomic E-state index is 0. The molecule has 0 spiro atoms. The van der Waals surface area contributed by atoms with Crippen LogP contribution < -0.4 is 14.2 Å². The molecular formula is C80H101BrCl3N13O17S2Zn. The molecule has 0 aromatic carbocycles. The Hall–Kier alpha value is -8.08. The van der Waals surface area contributed by atoms with Crippen molar-refractivity contribution in [3.8, 4) is 28.8 Å². The zero-order valence-corrected chi connectivity index (χ0v) is 74.4. The number of pyridine rings is 3. The number of amides is 4. The van der Waals surface area contributed by atoms with Crippen LogP contribution in [0.15, 0.2) is 135 Å². The number of aliphatic hydroxyl groups is 1. The zero-order chi connectivity index (χ0) is 85.3. The summed E-state index contributed by atoms with van der Waals surface area (Å²) in [5, 5.41) is 9.90. The molecule has 3 aliphatic heterocycles. The number of methoxy groups -OCH3 is 2. The Morgan fingerprint density at radius 3 is 1.41 bits per heavy atom. The number of aromatic nitrogens is 9. The molecule has 37 heteroatoms. The number of β-amino-alcohol motifs (C(OH)–C–C–N with tert-alkyl or cyclic N) is 1. The van der Waals surface area contributed by atoms with Gasteiger partial charge in [-0.1, -0.05) is 97.2 Å². The maximum atomic E-state index is 14.2. The van der Waals surface area contributed by atoms with Gasteiger partial charge in [0.25, 0.3) is 0 Å². The van der Waals surface area contributed by atoms with E-state index in [-0.39, 0.29) is 94.4 Å². The molecule has 0 bridgehead atoms. The van der Waals surface area contributed by atoms with Crippen LogP contribution >= 0.6 is 48.4 Å². The second kappa shape index (κ2) is 44.8. The van der Waals surface area contributed by atoms with Gasteiger partial charge in [-0.05, 0) is 140 Å². The Morgan fingerprint density at radius 1 is 0.615 bits per heavy atom. The van der Waals surface area contributed by atoms with E-state index in [4.69, 9.17) is 53.8 Å². The van der Waals surface area contributed by atoms with E-state index in [9.17, 15) is 60.3 Å². The number of aliphatic hydroxyl groups excluding tert-OH is 1. The van der Waals surface area contributed by atoms with Crippen LogP contribution in [0, 0.1) is 51.5 Å². The molecular weight excluding hydrogens is 1730 g/mol. The SMILES string of the molecule is C.C1CCOC1.C=CC1C[C@]1(CC(=O)[C@@H]1C[C@@H](O)CN1C(=O)[C@@H](CC(=O)OC)C(C)(C)C)C(=O)NS(=O)(=O)C1CC1.C=CC1C[C@]1(CC(=O)[C@@H]1C[C@@H](Oc2nccc(-c3ccccn3)n2)CN1C(=O)[C@@H](CC(=O)OC)C(C)(C)C)C(=O)NS(=O)(=O)C1CC1.Clc1ccnc(Cl)n1.Clc1nccc(-c2ccccn2)n1.[Zn+][Br].[c-]1ccccn1. The van der Waals surface area contributed by atoms with Crippen molar-refractivity contribution in [2.75, 3.05) is 40.5 Å². The molecule has 9 heterocycles. The fourth-order valence-electron chi connectivity index (χ4n) is 13.1. The van der Waals surface area contributed by atoms with Gasteiger partial charge >= 0.3 is 47.9 Å². The summed E-state index contributed by atoms with van der Waals surface area (Å²) in [5.41, 5.74) is -1.13. The quantitative estimate of drug-likeness (QED) is 0.0126. The van der Waals surface area contributed by atoms with Gasteiger partial charge in [0, 0.05) is 76.4 Å². The second-order valence-corrected chi connectivity index (χ2v) is 35.6. The van der Waals surface area contributed by atoms with Crippen LogP contribution in [-0.4, -0.2) is 199 Å². The summed E-state index contributed by atoms with van der Waals surface area (Å²) in [6.07, 6.45) is 18.0. The minimum atomic E-state index is -3.84. The normalized spacial score (nSPS) is 21.9. The van der Waals surface area contributed by atoms with Gasteiger partial charge < -0.3 is 38.8 Å². The summed E-state index contributed by atoms with van der Waals surface area (Å²) >= 11 is 20.6. The van der Waals surface area contributed by atoms with Gasteiger partial charge in [0.05, 0.1) is 108 Å². The molecule has 7 fully saturated rings. The van der Waals surface area contributed by atoms with E-state index in [0.717, 1.165) is 24.6 Å². The van der Waals surface area contributed by atoms with Gasteiger partial charge in [0.15, 0.2) is 11.6 Å². The van der Waals surface area contributed by atoms with Gasteiger partial charge in [-0.3, -0.25) is 57.8 Å². The van der Waals surface area contributed by atoms with Crippen LogP contribution in [0.3, 0.4) is 0 Å². The van der Waals surface area contributed by atoms with Crippen molar-refractivity contribution in [3.63, 3.8) is 0 Å². The van der Waals surface area contributed by atoms with E-state index in [1.807, 2.05) is 57.2 Å². The number of halogens is 4. The summed E-state index contributed by atoms with van der Waals surface area (Å²) in [7, 11) is -5.14. The molecule has 2 unspecified atom stereocenters. The predicted molar refractivity (Wildman–Crippen MR) is 437 cm³/mol. The van der Waals surface area contributed by atoms with Crippen LogP contribution in [-0.2, 0) is 89.0 Å². The van der Waals surface area contributed by atoms with Crippen molar-refractivity contribution in [2.45, 2.75) is 174 Å². The molecule has 10 atom stereocenters. The Bertz CT molecular complexity index is 4550. The third kappa shape index (κ3) is 28.8. The number of carbonyl (C=O) groups excluding carboxylic acids is 8. The predicted octanol–water partition coefficient (Wildman–Crippen LogP) is 10.9. The van der Waals surface area contributed by atoms with Gasteiger partial charge in [-0.2, -0.15) is 23.2 Å². The summed E-state index contributed by atoms with van der Waals surface area (Å²) < 4.78 is 74.9. The Balaban J connectivity index is 0.000000261. The van der Waals surface area contributed by atoms with E-state index in [1.54, 1.807) is 88.0 Å². The maximum absolute atomic E-state index is 14.2. The number of allylic oxidation sites excluding steroid dienone is 2. The zero-order valence-electron chi connectivity index (χ0n) is 65.9. The first kappa shape index (κ1) is 97.8. The van der Waals surface area contributed by atoms with Crippen molar-refractivity contribution >= 4 is 116 Å². The minimum Gasteiger partial charge on any atom is -0.394 e. The number of ether oxygens (including phenoxy) is 4. The molecule has 4 aliphatic carbocycles. The molecule has 7 aliphatic rings. The van der Waals surface area contributed by atoms with E-state index < -0.39 is 141 Å². The van der Waals surface area contributed by atoms with Crippen molar-refractivity contribution in [1.29, 1.82) is 0 Å². The first-order valence-corrected chi connectivity index (χ1v) is 48.6. The van der Waals surface area contributed by atoms with Crippen molar-refractivity contribution < 1.29 is 95.6 Å². The first-order chi connectivity index (χ1) is 55.0. The number of sulfonamides is 2. The summed E-state index contributed by atoms with van der Waals surface area (Å²) in [4.78, 5) is 145. The number of likely N-dealkylation sites (tertiary alicyclic amines) is 2. The fourth-order valence-corrected chi connectivity index (χ4v) is 16.4. The standard InChI is InChI=1S/C33H41N5O8S.C24H36N2O8S.C9H6ClN3.C5H4N.C4H2Cl2N2.C4H8O.CH4.BrH.Zn/c1-6-20-17-33(20,30(42)37-47(43,44)22-10-11-22)18-27(39)26-15-21(19-38(26)29(41)23(32(2,3)4)16-28(40)45-5)46-31-35-14-12-25(36-31)24-9-7-8-13-34-24;1-6-14-11-24(14,22(31)25-35(32,33)16-7-8-16)12-19(28)18-9-15(27)13-26(18)21(30)17(23(2,3)4)10-20(29)34-5;10-9-12-6-4-8(13-9)7-3-1-2-5-11-7;1-2-4-6-5-3-1;5-3-1-2-7-4(6)8-3;1-2-4-5-3-1;;;/h6-9,12-14,20-23,26H,1,10-11,15-19H2,2-5H3,(H,37,42);6,14-18,27H,1,7-13H2,2-5H3,(H,25,31);1-6H;1-4H;1-2H;1-4H2;1H4;1H;/q;;;-1;;;;;+2/p-1/t20?,21-,23-,26+,33-;14?,15-,17-,18+,24-;;;;;;;/m11......./s1. The number of hydrogen-bond acceptors (Lipinski definition) is 26. The molecule has 6 aromatic rings. The number of esters is 2. The van der Waals surface area contributed by atoms with E-state index >= 15 is 0 Å². The third-order valence-corrected chi connectivity index (χ3v) is 24.4. The van der Waals surface area contributed by atoms with Crippen molar-refractivity contribution in [2.24, 2.45) is 45.3 Å². The number of ketones is 2. The molecule has 630 valence electrons. The summed E-state index contributed by atoms with van der Waals surface area (Å²) in [5.74, 6) is -6.65. The third-order valence-electron chi connectivity index (χ3n) is 20.2. The van der Waals surface area contributed by atoms with Crippen molar-refractivity contribution in [1.82, 2.24) is 64.1 Å². The molecule has 0 radical (unpaired) electrons. The summed E-state index contributed by atoms with van der Waals surface area (Å²) in [6.45, 7) is 20.3. The number of rotatable bonds is 24. The van der Waals surface area contributed by atoms with Crippen molar-refractivity contribution in [3.05, 3.63) is 157 Å². The maximum Gasteiger partial charge on any atom is -0.0813 e. The monoisotopic (exact) mass is 1830 g/mol. The van der Waals surface area contributed by atoms with Gasteiger partial charge in [-0.15, -0.1) is 13.2 Å². The Morgan fingerprint density at radius 2 is 1.06 bits per heavy atom. The fraction of sp³-hybridized carbons (Fsp3) is 0.512. The average molecular weight is 1830 g/mol. The molecule has 117 heavy (non-hydrogen) atoms. The first-order valence-electron chi connectivity index (χ1n) is 37.4. The average Bonchev–Trinajstić information content (AvgIpc) is 1.58. The van der Waals surface area contributed by atoms with Crippen LogP contribution in [0.1, 0.15) is 139 Å². The van der Waals surface area contributed by atoms with Gasteiger partial charge in [-0.25, -0.2) is 41.8 Å². The molecule has 3 saturated heterocycles. The summed E-state index contributed by atoms with van der Waals surface area (Å²) in [6, 6.07) is 19.6. The molecule has 4 saturated carbocycles. The Kier molecular flexibility index (Phi) is 37.4. The van der Waals surface area contributed by atoms with Crippen LogP contribution in [0.2, 0.25) is 15.7 Å². The molecule has 3 N–H and O–H groups in total. The van der Waals surface area contributed by atoms with E-state index in [2.05, 4.69) is 87.3 Å². The number of carbonyl (C=O) groups is 8. The molecule has 30 nitrogen and oxygen atoms in total. The second-order valence-electron chi connectivity index (χ2n) is 30.6. The number of hydrogen-bond donors (Lipinski definition) is 3. The topological polar surface area (TPSA) is 409 Å². The van der Waals surface area contributed by atoms with Crippen LogP contribution in [0.4, 0.5) is 0 Å². The largest absolute Gasteiger partial charge is 0.394 e. The Labute approximate surface area is 715 Å². The molecule has 4 amide bonds. The molecule has 6 aromatic heterocycles. The van der Waals surface area contributed by atoms with Crippen LogP contribution in [0.25, 0.3) is 22.8 Å². The number of nitrogens with one attached hydrogen (secondary N) is 2. The van der Waals surface area contributed by atoms with Gasteiger partial charge in [0.2, 0.25) is 54.2 Å².